The number of hydrogen-bond acceptors (Lipinski definition) is 2. The quantitative estimate of drug-likeness (QED) is 0.330. The van der Waals surface area contributed by atoms with E-state index in [1.54, 1.807) is 0 Å². The van der Waals surface area contributed by atoms with Gasteiger partial charge in [0.05, 0.1) is 0 Å². The molecule has 3 nitrogen and oxygen atoms in total. The van der Waals surface area contributed by atoms with Crippen LogP contribution in [0.2, 0.25) is 0 Å². The normalized spacial score (nSPS) is 6.90. The zero-order valence-electron chi connectivity index (χ0n) is 6.29. The van der Waals surface area contributed by atoms with Crippen molar-refractivity contribution in [3.63, 3.8) is 0 Å². The number of carbonyl (C=O) groups is 1. The summed E-state index contributed by atoms with van der Waals surface area (Å²) in [6, 6.07) is 0. The molecular weight excluding hydrogens is 169 g/mol. The Labute approximate surface area is 74.0 Å². The van der Waals surface area contributed by atoms with E-state index >= 15 is 0 Å². The summed E-state index contributed by atoms with van der Waals surface area (Å²) in [5.41, 5.74) is 1.28. The largest absolute Gasteiger partial charge is 2.00 e. The van der Waals surface area contributed by atoms with E-state index in [2.05, 4.69) is 27.7 Å². The minimum atomic E-state index is -0.690. The van der Waals surface area contributed by atoms with Crippen molar-refractivity contribution in [3.8, 4) is 0 Å². The molecule has 0 unspecified atom stereocenters. The van der Waals surface area contributed by atoms with E-state index in [9.17, 15) is 4.79 Å². The first-order valence-corrected chi connectivity index (χ1v) is 2.59. The van der Waals surface area contributed by atoms with Crippen molar-refractivity contribution < 1.29 is 28.6 Å². The van der Waals surface area contributed by atoms with Crippen LogP contribution in [0.25, 0.3) is 0 Å². The van der Waals surface area contributed by atoms with E-state index < -0.39 is 5.91 Å². The van der Waals surface area contributed by atoms with E-state index in [1.165, 1.54) is 5.48 Å². The predicted molar refractivity (Wildman–Crippen MR) is 35.5 cm³/mol. The fourth-order valence-corrected chi connectivity index (χ4v) is 0. The smallest absolute Gasteiger partial charge is 0.341 e. The van der Waals surface area contributed by atoms with E-state index in [4.69, 9.17) is 5.21 Å². The van der Waals surface area contributed by atoms with Crippen LogP contribution in [0.4, 0.5) is 0 Å². The summed E-state index contributed by atoms with van der Waals surface area (Å²) in [4.78, 5) is 9.34. The first-order chi connectivity index (χ1) is 4.00. The average Bonchev–Trinajstić information content (AvgIpc) is 1.65. The van der Waals surface area contributed by atoms with Gasteiger partial charge in [-0.1, -0.05) is 13.8 Å². The molecule has 0 aromatic carbocycles. The maximum atomic E-state index is 9.34. The van der Waals surface area contributed by atoms with Crippen LogP contribution in [0.3, 0.4) is 0 Å². The molecule has 1 radical (unpaired) electrons. The summed E-state index contributed by atoms with van der Waals surface area (Å²) in [6.45, 7) is 10.5. The molecule has 10 heavy (non-hydrogen) atoms. The Morgan fingerprint density at radius 2 is 1.70 bits per heavy atom. The van der Waals surface area contributed by atoms with Crippen molar-refractivity contribution in [2.45, 2.75) is 13.8 Å². The summed E-state index contributed by atoms with van der Waals surface area (Å²) in [6.07, 6.45) is 0. The van der Waals surface area contributed by atoms with Gasteiger partial charge in [-0.2, -0.15) is 5.92 Å². The number of carbonyl (C=O) groups excluding carboxylic acids is 1. The number of nitrogens with one attached hydrogen (secondary N) is 1. The van der Waals surface area contributed by atoms with Crippen molar-refractivity contribution in [1.82, 2.24) is 5.48 Å². The molecular formula is C6H13NO2V. The molecule has 1 amide bonds. The Morgan fingerprint density at radius 3 is 1.70 bits per heavy atom. The molecule has 0 aliphatic rings. The molecule has 0 saturated carbocycles. The van der Waals surface area contributed by atoms with Crippen LogP contribution >= 0.6 is 0 Å². The van der Waals surface area contributed by atoms with E-state index in [0.717, 1.165) is 0 Å². The third-order valence-corrected chi connectivity index (χ3v) is 0.125. The van der Waals surface area contributed by atoms with Crippen LogP contribution in [0, 0.1) is 19.8 Å². The van der Waals surface area contributed by atoms with Gasteiger partial charge < -0.3 is 18.6 Å². The molecule has 0 aliphatic heterocycles. The molecule has 2 N–H and O–H groups in total. The predicted octanol–water partition coefficient (Wildman–Crippen LogP) is 0.800. The molecule has 0 heterocycles. The van der Waals surface area contributed by atoms with Crippen molar-refractivity contribution in [1.29, 1.82) is 0 Å². The van der Waals surface area contributed by atoms with Gasteiger partial charge in [-0.25, -0.2) is 0 Å². The van der Waals surface area contributed by atoms with Crippen LogP contribution in [0.5, 0.6) is 0 Å². The fourth-order valence-electron chi connectivity index (χ4n) is 0. The number of amides is 1. The molecule has 0 aliphatic carbocycles. The molecule has 0 saturated heterocycles. The van der Waals surface area contributed by atoms with Crippen molar-refractivity contribution in [3.05, 3.63) is 13.8 Å². The maximum absolute atomic E-state index is 9.34. The molecule has 0 bridgehead atoms. The van der Waals surface area contributed by atoms with Crippen LogP contribution < -0.4 is 5.48 Å². The molecule has 0 aromatic heterocycles. The van der Waals surface area contributed by atoms with Crippen molar-refractivity contribution >= 4 is 5.91 Å². The zero-order chi connectivity index (χ0) is 7.86. The second-order valence-corrected chi connectivity index (χ2v) is 1.93. The topological polar surface area (TPSA) is 49.3 Å². The van der Waals surface area contributed by atoms with Gasteiger partial charge >= 0.3 is 18.6 Å². The van der Waals surface area contributed by atoms with Gasteiger partial charge in [0, 0.05) is 0 Å². The monoisotopic (exact) mass is 182 g/mol. The van der Waals surface area contributed by atoms with Crippen LogP contribution in [0.15, 0.2) is 0 Å². The molecule has 0 fully saturated rings. The van der Waals surface area contributed by atoms with E-state index in [0.29, 0.717) is 5.92 Å². The Morgan fingerprint density at radius 1 is 1.60 bits per heavy atom. The third-order valence-electron chi connectivity index (χ3n) is 0.125. The van der Waals surface area contributed by atoms with Gasteiger partial charge in [-0.15, -0.1) is 0 Å². The first kappa shape index (κ1) is 16.5. The number of hydrogen-bond donors (Lipinski definition) is 2. The van der Waals surface area contributed by atoms with Crippen molar-refractivity contribution in [2.24, 2.45) is 5.92 Å². The summed E-state index contributed by atoms with van der Waals surface area (Å²) in [5.74, 6) is -0.106. The summed E-state index contributed by atoms with van der Waals surface area (Å²) < 4.78 is 0. The molecule has 0 spiro atoms. The Balaban J connectivity index is -0.0000000910. The average molecular weight is 182 g/mol. The zero-order valence-corrected chi connectivity index (χ0v) is 7.69. The SMILES string of the molecule is [CH2-]C(=O)NO.[CH2-]C(C)C.[V+2]. The fraction of sp³-hybridized carbons (Fsp3) is 0.500. The van der Waals surface area contributed by atoms with Crippen LogP contribution in [0.1, 0.15) is 13.8 Å². The van der Waals surface area contributed by atoms with E-state index in [-0.39, 0.29) is 18.6 Å². The maximum Gasteiger partial charge on any atom is 2.00 e. The minimum Gasteiger partial charge on any atom is -0.341 e. The van der Waals surface area contributed by atoms with Gasteiger partial charge in [-0.05, 0) is 0 Å². The van der Waals surface area contributed by atoms with Crippen LogP contribution in [-0.4, -0.2) is 11.1 Å². The van der Waals surface area contributed by atoms with Gasteiger partial charge in [0.15, 0.2) is 0 Å². The molecule has 0 aromatic rings. The van der Waals surface area contributed by atoms with Gasteiger partial charge in [0.2, 0.25) is 0 Å². The van der Waals surface area contributed by atoms with Crippen molar-refractivity contribution in [2.75, 3.05) is 0 Å². The second kappa shape index (κ2) is 11.7. The number of rotatable bonds is 0. The summed E-state index contributed by atoms with van der Waals surface area (Å²) in [5, 5.41) is 7.48. The van der Waals surface area contributed by atoms with Gasteiger partial charge in [0.1, 0.15) is 5.91 Å². The molecule has 59 valence electrons. The Hall–Kier alpha value is -0.116. The number of hydroxylamine groups is 1. The summed E-state index contributed by atoms with van der Waals surface area (Å²) >= 11 is 0. The van der Waals surface area contributed by atoms with E-state index in [1.807, 2.05) is 0 Å². The standard InChI is InChI=1S/C4H9.C2H4NO2.V/c1-4(2)3;1-2(4)3-5;/h4H,1H2,2-3H3;5H,1H2,(H,3,4);/q2*-1;+2. The first-order valence-electron chi connectivity index (χ1n) is 2.59. The Bertz CT molecular complexity index is 73.4. The van der Waals surface area contributed by atoms with Crippen LogP contribution in [-0.2, 0) is 23.4 Å². The van der Waals surface area contributed by atoms with Gasteiger partial charge in [0.25, 0.3) is 0 Å². The molecule has 0 rings (SSSR count). The Kier molecular flexibility index (Phi) is 19.2. The summed E-state index contributed by atoms with van der Waals surface area (Å²) in [7, 11) is 0. The second-order valence-electron chi connectivity index (χ2n) is 1.93. The third kappa shape index (κ3) is 105. The van der Waals surface area contributed by atoms with Gasteiger partial charge in [-0.3, -0.25) is 10.7 Å². The molecule has 0 atom stereocenters. The molecule has 4 heteroatoms. The minimum absolute atomic E-state index is 0.